The summed E-state index contributed by atoms with van der Waals surface area (Å²) >= 11 is 2.95. The number of thiophene rings is 1. The molecule has 0 aliphatic heterocycles. The molecule has 0 spiro atoms. The van der Waals surface area contributed by atoms with E-state index in [-0.39, 0.29) is 18.1 Å². The van der Waals surface area contributed by atoms with Crippen molar-refractivity contribution in [2.75, 3.05) is 6.54 Å². The third-order valence-corrected chi connectivity index (χ3v) is 4.41. The summed E-state index contributed by atoms with van der Waals surface area (Å²) in [6.45, 7) is 5.08. The number of carbonyl (C=O) groups excluding carboxylic acids is 1. The molecule has 0 atom stereocenters. The highest BCUT2D eigenvalue weighted by atomic mass is 32.1. The molecule has 7 heteroatoms. The Bertz CT molecular complexity index is 641. The van der Waals surface area contributed by atoms with E-state index < -0.39 is 11.5 Å². The molecule has 0 aliphatic rings. The number of aliphatic carboxylic acids is 1. The Morgan fingerprint density at radius 2 is 2.05 bits per heavy atom. The lowest BCUT2D eigenvalue weighted by molar-refractivity contribution is -0.138. The van der Waals surface area contributed by atoms with E-state index >= 15 is 0 Å². The number of carboxylic acid groups (broad SMARTS) is 1. The van der Waals surface area contributed by atoms with Gasteiger partial charge in [0, 0.05) is 21.9 Å². The van der Waals surface area contributed by atoms with E-state index in [1.54, 1.807) is 37.5 Å². The summed E-state index contributed by atoms with van der Waals surface area (Å²) in [5.74, 6) is -1.39. The summed E-state index contributed by atoms with van der Waals surface area (Å²) in [6, 6.07) is 1.94. The molecule has 2 rings (SSSR count). The van der Waals surface area contributed by atoms with Gasteiger partial charge in [0.25, 0.3) is 5.91 Å². The standard InChI is InChI=1S/C14H16N2O3S2/c1-14(2,3)16(6-11(17)18)13(19)10-8-21-12(15-10)9-4-5-20-7-9/h4-5,7-8H,6H2,1-3H3,(H,17,18). The second-order valence-corrected chi connectivity index (χ2v) is 7.14. The number of carboxylic acids is 1. The summed E-state index contributed by atoms with van der Waals surface area (Å²) in [5, 5.41) is 15.3. The Morgan fingerprint density at radius 1 is 1.33 bits per heavy atom. The maximum Gasteiger partial charge on any atom is 0.323 e. The van der Waals surface area contributed by atoms with Crippen LogP contribution in [0.5, 0.6) is 0 Å². The van der Waals surface area contributed by atoms with Crippen molar-refractivity contribution in [2.45, 2.75) is 26.3 Å². The molecule has 0 fully saturated rings. The maximum absolute atomic E-state index is 12.5. The molecule has 0 saturated carbocycles. The summed E-state index contributed by atoms with van der Waals surface area (Å²) < 4.78 is 0. The zero-order chi connectivity index (χ0) is 15.6. The molecule has 21 heavy (non-hydrogen) atoms. The predicted octanol–water partition coefficient (Wildman–Crippen LogP) is 3.20. The molecule has 1 amide bonds. The van der Waals surface area contributed by atoms with Crippen molar-refractivity contribution in [2.24, 2.45) is 0 Å². The molecule has 2 aromatic rings. The van der Waals surface area contributed by atoms with Crippen LogP contribution in [0.2, 0.25) is 0 Å². The first-order valence-corrected chi connectivity index (χ1v) is 8.13. The largest absolute Gasteiger partial charge is 0.480 e. The van der Waals surface area contributed by atoms with Gasteiger partial charge in [-0.05, 0) is 32.2 Å². The molecule has 1 N–H and O–H groups in total. The van der Waals surface area contributed by atoms with Gasteiger partial charge in [0.15, 0.2) is 0 Å². The predicted molar refractivity (Wildman–Crippen MR) is 83.9 cm³/mol. The van der Waals surface area contributed by atoms with Crippen LogP contribution in [0.3, 0.4) is 0 Å². The Labute approximate surface area is 130 Å². The Morgan fingerprint density at radius 3 is 2.57 bits per heavy atom. The first-order valence-electron chi connectivity index (χ1n) is 6.31. The lowest BCUT2D eigenvalue weighted by Gasteiger charge is -2.33. The van der Waals surface area contributed by atoms with Gasteiger partial charge in [-0.2, -0.15) is 11.3 Å². The van der Waals surface area contributed by atoms with Crippen LogP contribution in [-0.4, -0.2) is 39.0 Å². The van der Waals surface area contributed by atoms with Gasteiger partial charge in [0.05, 0.1) is 0 Å². The number of carbonyl (C=O) groups is 2. The number of hydrogen-bond donors (Lipinski definition) is 1. The summed E-state index contributed by atoms with van der Waals surface area (Å²) in [6.07, 6.45) is 0. The highest BCUT2D eigenvalue weighted by molar-refractivity contribution is 7.14. The van der Waals surface area contributed by atoms with Crippen LogP contribution < -0.4 is 0 Å². The second-order valence-electron chi connectivity index (χ2n) is 5.51. The fraction of sp³-hybridized carbons (Fsp3) is 0.357. The van der Waals surface area contributed by atoms with Gasteiger partial charge in [-0.3, -0.25) is 9.59 Å². The third-order valence-electron chi connectivity index (χ3n) is 2.84. The fourth-order valence-corrected chi connectivity index (χ4v) is 3.28. The van der Waals surface area contributed by atoms with Crippen LogP contribution in [0.15, 0.2) is 22.2 Å². The van der Waals surface area contributed by atoms with Crippen LogP contribution in [0, 0.1) is 0 Å². The highest BCUT2D eigenvalue weighted by Gasteiger charge is 2.30. The van der Waals surface area contributed by atoms with Crippen molar-refractivity contribution in [3.63, 3.8) is 0 Å². The van der Waals surface area contributed by atoms with Gasteiger partial charge in [-0.15, -0.1) is 11.3 Å². The minimum Gasteiger partial charge on any atom is -0.480 e. The zero-order valence-corrected chi connectivity index (χ0v) is 13.6. The van der Waals surface area contributed by atoms with E-state index in [2.05, 4.69) is 4.98 Å². The molecule has 2 heterocycles. The molecular weight excluding hydrogens is 308 g/mol. The van der Waals surface area contributed by atoms with E-state index in [9.17, 15) is 9.59 Å². The zero-order valence-electron chi connectivity index (χ0n) is 12.0. The first kappa shape index (κ1) is 15.7. The van der Waals surface area contributed by atoms with Crippen molar-refractivity contribution in [3.8, 4) is 10.6 Å². The van der Waals surface area contributed by atoms with Crippen LogP contribution in [0.25, 0.3) is 10.6 Å². The van der Waals surface area contributed by atoms with Gasteiger partial charge >= 0.3 is 5.97 Å². The van der Waals surface area contributed by atoms with Crippen molar-refractivity contribution < 1.29 is 14.7 Å². The lowest BCUT2D eigenvalue weighted by atomic mass is 10.1. The SMILES string of the molecule is CC(C)(C)N(CC(=O)O)C(=O)c1csc(-c2ccsc2)n1. The van der Waals surface area contributed by atoms with Gasteiger partial charge in [0.1, 0.15) is 17.2 Å². The number of nitrogens with zero attached hydrogens (tertiary/aromatic N) is 2. The Kier molecular flexibility index (Phi) is 4.43. The number of amides is 1. The van der Waals surface area contributed by atoms with E-state index in [4.69, 9.17) is 5.11 Å². The maximum atomic E-state index is 12.5. The molecule has 0 aliphatic carbocycles. The average molecular weight is 324 g/mol. The van der Waals surface area contributed by atoms with Crippen molar-refractivity contribution in [1.29, 1.82) is 0 Å². The number of thiazole rings is 1. The van der Waals surface area contributed by atoms with Gasteiger partial charge in [-0.1, -0.05) is 0 Å². The molecule has 0 bridgehead atoms. The van der Waals surface area contributed by atoms with Crippen LogP contribution in [0.4, 0.5) is 0 Å². The van der Waals surface area contributed by atoms with Crippen LogP contribution in [-0.2, 0) is 4.79 Å². The first-order chi connectivity index (χ1) is 9.79. The fourth-order valence-electron chi connectivity index (χ4n) is 1.78. The minimum atomic E-state index is -1.04. The monoisotopic (exact) mass is 324 g/mol. The quantitative estimate of drug-likeness (QED) is 0.937. The molecule has 0 radical (unpaired) electrons. The van der Waals surface area contributed by atoms with Crippen LogP contribution in [0.1, 0.15) is 31.3 Å². The number of hydrogen-bond acceptors (Lipinski definition) is 5. The van der Waals surface area contributed by atoms with E-state index in [0.717, 1.165) is 10.6 Å². The van der Waals surface area contributed by atoms with Gasteiger partial charge in [0.2, 0.25) is 0 Å². The normalized spacial score (nSPS) is 11.4. The lowest BCUT2D eigenvalue weighted by Crippen LogP contribution is -2.48. The third kappa shape index (κ3) is 3.68. The molecule has 0 saturated heterocycles. The molecule has 5 nitrogen and oxygen atoms in total. The molecule has 0 aromatic carbocycles. The Balaban J connectivity index is 2.27. The molecule has 2 aromatic heterocycles. The average Bonchev–Trinajstić information content (AvgIpc) is 3.03. The number of aromatic nitrogens is 1. The summed E-state index contributed by atoms with van der Waals surface area (Å²) in [4.78, 5) is 29.1. The highest BCUT2D eigenvalue weighted by Crippen LogP contribution is 2.27. The number of rotatable bonds is 4. The van der Waals surface area contributed by atoms with E-state index in [1.165, 1.54) is 16.2 Å². The summed E-state index contributed by atoms with van der Waals surface area (Å²) in [5.41, 5.74) is 0.684. The topological polar surface area (TPSA) is 70.5 Å². The van der Waals surface area contributed by atoms with E-state index in [0.29, 0.717) is 0 Å². The molecule has 112 valence electrons. The summed E-state index contributed by atoms with van der Waals surface area (Å²) in [7, 11) is 0. The molecular formula is C14H16N2O3S2. The van der Waals surface area contributed by atoms with Crippen molar-refractivity contribution >= 4 is 34.6 Å². The van der Waals surface area contributed by atoms with Gasteiger partial charge in [-0.25, -0.2) is 4.98 Å². The second kappa shape index (κ2) is 5.95. The van der Waals surface area contributed by atoms with Crippen molar-refractivity contribution in [3.05, 3.63) is 27.9 Å². The van der Waals surface area contributed by atoms with E-state index in [1.807, 2.05) is 16.8 Å². The van der Waals surface area contributed by atoms with Crippen molar-refractivity contribution in [1.82, 2.24) is 9.88 Å². The Hall–Kier alpha value is -1.73. The minimum absolute atomic E-state index is 0.289. The van der Waals surface area contributed by atoms with Gasteiger partial charge < -0.3 is 10.0 Å². The molecule has 0 unspecified atom stereocenters. The smallest absolute Gasteiger partial charge is 0.323 e. The van der Waals surface area contributed by atoms with Crippen LogP contribution >= 0.6 is 22.7 Å².